The van der Waals surface area contributed by atoms with Gasteiger partial charge in [-0.25, -0.2) is 14.2 Å². The van der Waals surface area contributed by atoms with Crippen LogP contribution in [0, 0.1) is 12.7 Å². The molecular weight excluding hydrogens is 551 g/mol. The van der Waals surface area contributed by atoms with E-state index >= 15 is 4.39 Å². The number of halogens is 1. The fourth-order valence-electron chi connectivity index (χ4n) is 5.95. The first kappa shape index (κ1) is 28.8. The molecule has 0 aliphatic carbocycles. The van der Waals surface area contributed by atoms with E-state index in [4.69, 9.17) is 19.2 Å². The van der Waals surface area contributed by atoms with Crippen molar-refractivity contribution < 1.29 is 28.5 Å². The zero-order valence-electron chi connectivity index (χ0n) is 24.4. The van der Waals surface area contributed by atoms with Crippen LogP contribution < -0.4 is 9.47 Å². The van der Waals surface area contributed by atoms with E-state index in [2.05, 4.69) is 16.1 Å². The second kappa shape index (κ2) is 12.5. The van der Waals surface area contributed by atoms with Crippen LogP contribution in [0.1, 0.15) is 51.9 Å². The Morgan fingerprint density at radius 3 is 2.84 bits per heavy atom. The third kappa shape index (κ3) is 6.11. The molecule has 1 unspecified atom stereocenters. The number of methoxy groups -OCH3 is 1. The molecule has 4 heterocycles. The molecule has 2 aliphatic rings. The number of ether oxygens (including phenoxy) is 3. The van der Waals surface area contributed by atoms with Crippen LogP contribution in [0.15, 0.2) is 54.7 Å². The van der Waals surface area contributed by atoms with Gasteiger partial charge in [0.15, 0.2) is 5.82 Å². The number of benzene rings is 2. The van der Waals surface area contributed by atoms with Crippen LogP contribution >= 0.6 is 0 Å². The first-order chi connectivity index (χ1) is 20.9. The van der Waals surface area contributed by atoms with Gasteiger partial charge in [0.05, 0.1) is 25.1 Å². The van der Waals surface area contributed by atoms with E-state index in [0.29, 0.717) is 23.8 Å². The smallest absolute Gasteiger partial charge is 0.342 e. The first-order valence-electron chi connectivity index (χ1n) is 14.6. The van der Waals surface area contributed by atoms with Crippen molar-refractivity contribution in [1.29, 1.82) is 0 Å². The summed E-state index contributed by atoms with van der Waals surface area (Å²) in [6.45, 7) is 5.32. The van der Waals surface area contributed by atoms with E-state index in [-0.39, 0.29) is 30.0 Å². The lowest BCUT2D eigenvalue weighted by atomic mass is 9.96. The minimum atomic E-state index is -1.14. The Labute approximate surface area is 249 Å². The number of aromatic nitrogens is 3. The van der Waals surface area contributed by atoms with E-state index < -0.39 is 5.97 Å². The summed E-state index contributed by atoms with van der Waals surface area (Å²) >= 11 is 0. The maximum atomic E-state index is 15.4. The van der Waals surface area contributed by atoms with Gasteiger partial charge >= 0.3 is 5.97 Å². The number of hydrogen-bond acceptors (Lipinski definition) is 7. The number of carboxylic acid groups (broad SMARTS) is 1. The minimum Gasteiger partial charge on any atom is -0.488 e. The second-order valence-corrected chi connectivity index (χ2v) is 11.1. The van der Waals surface area contributed by atoms with E-state index in [1.54, 1.807) is 12.1 Å². The quantitative estimate of drug-likeness (QED) is 0.271. The van der Waals surface area contributed by atoms with E-state index in [1.165, 1.54) is 24.4 Å². The molecule has 6 rings (SSSR count). The van der Waals surface area contributed by atoms with Gasteiger partial charge < -0.3 is 19.3 Å². The Morgan fingerprint density at radius 1 is 1.19 bits per heavy atom. The summed E-state index contributed by atoms with van der Waals surface area (Å²) in [7, 11) is 1.39. The normalized spacial score (nSPS) is 17.0. The average molecular weight is 587 g/mol. The van der Waals surface area contributed by atoms with E-state index in [9.17, 15) is 9.90 Å². The molecule has 0 spiro atoms. The highest BCUT2D eigenvalue weighted by molar-refractivity contribution is 5.90. The van der Waals surface area contributed by atoms with Crippen LogP contribution in [0.2, 0.25) is 0 Å². The Hall–Kier alpha value is -4.28. The number of fused-ring (bicyclic) bond motifs is 1. The molecule has 2 aromatic carbocycles. The van der Waals surface area contributed by atoms with Crippen LogP contribution in [0.4, 0.5) is 4.39 Å². The maximum absolute atomic E-state index is 15.4. The van der Waals surface area contributed by atoms with Gasteiger partial charge in [0.1, 0.15) is 23.7 Å². The van der Waals surface area contributed by atoms with Gasteiger partial charge in [-0.05, 0) is 73.6 Å². The number of rotatable bonds is 9. The lowest BCUT2D eigenvalue weighted by Gasteiger charge is -2.33. The number of pyridine rings is 1. The molecule has 1 saturated heterocycles. The molecule has 1 fully saturated rings. The Kier molecular flexibility index (Phi) is 8.40. The van der Waals surface area contributed by atoms with Crippen LogP contribution in [-0.2, 0) is 24.3 Å². The standard InChI is InChI=1S/C33H35FN4O5/c1-21-7-5-9-25(29-10-6-11-30(36-29)38-32(41-2)26(17-35-38)33(39)40)31(21)43-20-22-15-23-12-13-37(19-27(23)28(34)16-22)18-24-8-3-4-14-42-24/h5-7,9-11,15-17,24H,3-4,8,12-14,18-20H2,1-2H3,(H,39,40). The van der Waals surface area contributed by atoms with Crippen molar-refractivity contribution in [1.82, 2.24) is 19.7 Å². The van der Waals surface area contributed by atoms with Crippen LogP contribution in [0.3, 0.4) is 0 Å². The summed E-state index contributed by atoms with van der Waals surface area (Å²) in [6, 6.07) is 14.8. The van der Waals surface area contributed by atoms with Gasteiger partial charge in [-0.2, -0.15) is 9.78 Å². The predicted molar refractivity (Wildman–Crippen MR) is 158 cm³/mol. The number of aromatic carboxylic acids is 1. The zero-order chi connectivity index (χ0) is 29.9. The van der Waals surface area contributed by atoms with Crippen LogP contribution in [0.25, 0.3) is 17.1 Å². The summed E-state index contributed by atoms with van der Waals surface area (Å²) in [5, 5.41) is 13.6. The summed E-state index contributed by atoms with van der Waals surface area (Å²) < 4.78 is 34.3. The van der Waals surface area contributed by atoms with Crippen molar-refractivity contribution in [2.75, 3.05) is 26.8 Å². The summed E-state index contributed by atoms with van der Waals surface area (Å²) in [5.41, 5.74) is 4.80. The number of aryl methyl sites for hydroxylation is 1. The third-order valence-corrected chi connectivity index (χ3v) is 8.13. The number of carboxylic acids is 1. The summed E-state index contributed by atoms with van der Waals surface area (Å²) in [5.74, 6) is -0.215. The molecule has 0 radical (unpaired) electrons. The largest absolute Gasteiger partial charge is 0.488 e. The third-order valence-electron chi connectivity index (χ3n) is 8.13. The molecule has 0 saturated carbocycles. The molecule has 0 amide bonds. The molecule has 10 heteroatoms. The number of nitrogens with zero attached hydrogens (tertiary/aromatic N) is 4. The van der Waals surface area contributed by atoms with Gasteiger partial charge in [-0.15, -0.1) is 0 Å². The lowest BCUT2D eigenvalue weighted by molar-refractivity contribution is -0.00822. The highest BCUT2D eigenvalue weighted by atomic mass is 19.1. The SMILES string of the molecule is COc1c(C(=O)O)cnn1-c1cccc(-c2cccc(C)c2OCc2cc(F)c3c(c2)CCN(CC2CCCCO2)C3)n1. The van der Waals surface area contributed by atoms with Gasteiger partial charge in [-0.3, -0.25) is 4.90 Å². The van der Waals surface area contributed by atoms with Crippen LogP contribution in [-0.4, -0.2) is 63.7 Å². The minimum absolute atomic E-state index is 0.0579. The second-order valence-electron chi connectivity index (χ2n) is 11.1. The molecule has 1 atom stereocenters. The monoisotopic (exact) mass is 586 g/mol. The van der Waals surface area contributed by atoms with Crippen molar-refractivity contribution in [3.05, 3.63) is 88.4 Å². The van der Waals surface area contributed by atoms with Crippen molar-refractivity contribution in [2.24, 2.45) is 0 Å². The first-order valence-corrected chi connectivity index (χ1v) is 14.6. The molecule has 43 heavy (non-hydrogen) atoms. The van der Waals surface area contributed by atoms with Crippen molar-refractivity contribution in [3.63, 3.8) is 0 Å². The molecule has 2 aliphatic heterocycles. The fourth-order valence-corrected chi connectivity index (χ4v) is 5.95. The van der Waals surface area contributed by atoms with Gasteiger partial charge in [0.2, 0.25) is 5.88 Å². The van der Waals surface area contributed by atoms with Crippen molar-refractivity contribution in [2.45, 2.75) is 51.9 Å². The molecule has 0 bridgehead atoms. The highest BCUT2D eigenvalue weighted by Gasteiger charge is 2.25. The van der Waals surface area contributed by atoms with E-state index in [0.717, 1.165) is 66.8 Å². The topological polar surface area (TPSA) is 98.9 Å². The maximum Gasteiger partial charge on any atom is 0.342 e. The predicted octanol–water partition coefficient (Wildman–Crippen LogP) is 5.59. The van der Waals surface area contributed by atoms with Crippen molar-refractivity contribution in [3.8, 4) is 28.7 Å². The van der Waals surface area contributed by atoms with Gasteiger partial charge in [-0.1, -0.05) is 24.3 Å². The summed E-state index contributed by atoms with van der Waals surface area (Å²) in [6.07, 6.45) is 5.67. The van der Waals surface area contributed by atoms with E-state index in [1.807, 2.05) is 37.3 Å². The molecule has 1 N–H and O–H groups in total. The van der Waals surface area contributed by atoms with Crippen molar-refractivity contribution >= 4 is 5.97 Å². The zero-order valence-corrected chi connectivity index (χ0v) is 24.4. The lowest BCUT2D eigenvalue weighted by Crippen LogP contribution is -2.39. The Morgan fingerprint density at radius 2 is 2.05 bits per heavy atom. The summed E-state index contributed by atoms with van der Waals surface area (Å²) in [4.78, 5) is 18.6. The van der Waals surface area contributed by atoms with Crippen LogP contribution in [0.5, 0.6) is 11.6 Å². The van der Waals surface area contributed by atoms with Gasteiger partial charge in [0.25, 0.3) is 0 Å². The number of carbonyl (C=O) groups is 1. The average Bonchev–Trinajstić information content (AvgIpc) is 3.46. The molecule has 4 aromatic rings. The Balaban J connectivity index is 1.21. The molecular formula is C33H35FN4O5. The number of hydrogen-bond donors (Lipinski definition) is 1. The fraction of sp³-hybridized carbons (Fsp3) is 0.364. The molecule has 9 nitrogen and oxygen atoms in total. The Bertz CT molecular complexity index is 1630. The highest BCUT2D eigenvalue weighted by Crippen LogP contribution is 2.34. The molecule has 224 valence electrons. The number of para-hydroxylation sites is 1. The molecule has 2 aromatic heterocycles. The van der Waals surface area contributed by atoms with Gasteiger partial charge in [0, 0.05) is 37.4 Å².